The maximum atomic E-state index is 12.7. The lowest BCUT2D eigenvalue weighted by Crippen LogP contribution is -2.09. The third kappa shape index (κ3) is 5.28. The lowest BCUT2D eigenvalue weighted by molar-refractivity contribution is 0.0526. The van der Waals surface area contributed by atoms with Crippen LogP contribution in [-0.4, -0.2) is 35.8 Å². The van der Waals surface area contributed by atoms with Crippen LogP contribution in [0.4, 0.5) is 0 Å². The molecule has 0 spiro atoms. The van der Waals surface area contributed by atoms with Crippen LogP contribution in [0, 0.1) is 6.92 Å². The zero-order valence-electron chi connectivity index (χ0n) is 17.0. The van der Waals surface area contributed by atoms with Gasteiger partial charge in [0.25, 0.3) is 0 Å². The molecule has 0 bridgehead atoms. The molecule has 3 aromatic rings. The van der Waals surface area contributed by atoms with Crippen LogP contribution in [0.3, 0.4) is 0 Å². The van der Waals surface area contributed by atoms with E-state index in [1.165, 1.54) is 11.8 Å². The second-order valence-electron chi connectivity index (χ2n) is 6.74. The molecule has 2 aromatic carbocycles. The number of rotatable bonds is 8. The molecule has 0 radical (unpaired) electrons. The van der Waals surface area contributed by atoms with Crippen molar-refractivity contribution < 1.29 is 17.9 Å². The lowest BCUT2D eigenvalue weighted by Gasteiger charge is -2.06. The maximum absolute atomic E-state index is 12.7. The Hall–Kier alpha value is -2.65. The van der Waals surface area contributed by atoms with Crippen molar-refractivity contribution in [1.82, 2.24) is 14.8 Å². The standard InChI is InChI=1S/C21H23N3O4S2/c1-4-28-20(25)17-9-7-16(8-10-17)13-29-21-23-22-19(24(21)3)14-30(26,27)18-11-5-15(2)6-12-18/h5-12H,4,13-14H2,1-3H3. The number of thioether (sulfide) groups is 1. The molecule has 0 unspecified atom stereocenters. The minimum Gasteiger partial charge on any atom is -0.462 e. The fraction of sp³-hybridized carbons (Fsp3) is 0.286. The van der Waals surface area contributed by atoms with Gasteiger partial charge in [-0.1, -0.05) is 41.6 Å². The van der Waals surface area contributed by atoms with E-state index in [0.717, 1.165) is 11.1 Å². The van der Waals surface area contributed by atoms with Gasteiger partial charge in [-0.3, -0.25) is 0 Å². The Morgan fingerprint density at radius 3 is 2.37 bits per heavy atom. The van der Waals surface area contributed by atoms with E-state index in [1.807, 2.05) is 19.1 Å². The van der Waals surface area contributed by atoms with Gasteiger partial charge in [-0.2, -0.15) is 0 Å². The largest absolute Gasteiger partial charge is 0.462 e. The zero-order chi connectivity index (χ0) is 21.7. The molecule has 0 amide bonds. The van der Waals surface area contributed by atoms with Gasteiger partial charge < -0.3 is 9.30 Å². The fourth-order valence-corrected chi connectivity index (χ4v) is 4.89. The van der Waals surface area contributed by atoms with Gasteiger partial charge in [0.15, 0.2) is 15.0 Å². The first-order chi connectivity index (χ1) is 14.3. The van der Waals surface area contributed by atoms with Crippen molar-refractivity contribution in [2.75, 3.05) is 6.61 Å². The molecule has 30 heavy (non-hydrogen) atoms. The summed E-state index contributed by atoms with van der Waals surface area (Å²) in [5, 5.41) is 8.82. The summed E-state index contributed by atoms with van der Waals surface area (Å²) in [7, 11) is -1.74. The molecule has 9 heteroatoms. The molecule has 0 atom stereocenters. The number of carbonyl (C=O) groups is 1. The second-order valence-corrected chi connectivity index (χ2v) is 9.67. The Morgan fingerprint density at radius 2 is 1.73 bits per heavy atom. The van der Waals surface area contributed by atoms with E-state index in [1.54, 1.807) is 54.9 Å². The first-order valence-electron chi connectivity index (χ1n) is 9.36. The van der Waals surface area contributed by atoms with E-state index in [9.17, 15) is 13.2 Å². The molecule has 1 aromatic heterocycles. The average Bonchev–Trinajstić information content (AvgIpc) is 3.06. The molecule has 3 rings (SSSR count). The highest BCUT2D eigenvalue weighted by atomic mass is 32.2. The number of aryl methyl sites for hydroxylation is 1. The quantitative estimate of drug-likeness (QED) is 0.387. The average molecular weight is 446 g/mol. The molecule has 0 aliphatic carbocycles. The molecule has 0 aliphatic heterocycles. The number of sulfone groups is 1. The van der Waals surface area contributed by atoms with Crippen molar-refractivity contribution in [2.24, 2.45) is 7.05 Å². The van der Waals surface area contributed by atoms with Crippen LogP contribution in [0.25, 0.3) is 0 Å². The van der Waals surface area contributed by atoms with Crippen LogP contribution < -0.4 is 0 Å². The summed E-state index contributed by atoms with van der Waals surface area (Å²) in [4.78, 5) is 12.0. The van der Waals surface area contributed by atoms with Crippen molar-refractivity contribution in [1.29, 1.82) is 0 Å². The normalized spacial score (nSPS) is 11.4. The first kappa shape index (κ1) is 22.0. The lowest BCUT2D eigenvalue weighted by atomic mass is 10.1. The number of nitrogens with zero attached hydrogens (tertiary/aromatic N) is 3. The van der Waals surface area contributed by atoms with Gasteiger partial charge in [-0.05, 0) is 43.7 Å². The van der Waals surface area contributed by atoms with Crippen molar-refractivity contribution in [3.05, 3.63) is 71.0 Å². The number of aromatic nitrogens is 3. The Morgan fingerprint density at radius 1 is 1.07 bits per heavy atom. The number of esters is 1. The zero-order valence-corrected chi connectivity index (χ0v) is 18.7. The Balaban J connectivity index is 1.65. The van der Waals surface area contributed by atoms with Crippen molar-refractivity contribution >= 4 is 27.6 Å². The molecular weight excluding hydrogens is 422 g/mol. The molecule has 0 saturated heterocycles. The summed E-state index contributed by atoms with van der Waals surface area (Å²) in [5.74, 6) is 0.439. The number of carbonyl (C=O) groups excluding carboxylic acids is 1. The summed E-state index contributed by atoms with van der Waals surface area (Å²) < 4.78 is 32.0. The second kappa shape index (κ2) is 9.44. The summed E-state index contributed by atoms with van der Waals surface area (Å²) in [6.07, 6.45) is 0. The molecule has 1 heterocycles. The minimum absolute atomic E-state index is 0.214. The minimum atomic E-state index is -3.50. The molecule has 158 valence electrons. The highest BCUT2D eigenvalue weighted by Gasteiger charge is 2.20. The Labute approximate surface area is 180 Å². The summed E-state index contributed by atoms with van der Waals surface area (Å²) in [6.45, 7) is 4.02. The van der Waals surface area contributed by atoms with Crippen LogP contribution in [-0.2, 0) is 33.1 Å². The van der Waals surface area contributed by atoms with Crippen molar-refractivity contribution in [3.63, 3.8) is 0 Å². The third-order valence-corrected chi connectivity index (χ3v) is 7.18. The molecular formula is C21H23N3O4S2. The van der Waals surface area contributed by atoms with Gasteiger partial charge in [0.1, 0.15) is 11.6 Å². The van der Waals surface area contributed by atoms with E-state index < -0.39 is 9.84 Å². The Bertz CT molecular complexity index is 1120. The summed E-state index contributed by atoms with van der Waals surface area (Å²) >= 11 is 1.45. The van der Waals surface area contributed by atoms with Crippen molar-refractivity contribution in [2.45, 2.75) is 35.4 Å². The molecule has 7 nitrogen and oxygen atoms in total. The van der Waals surface area contributed by atoms with Gasteiger partial charge in [0.05, 0.1) is 17.1 Å². The molecule has 0 N–H and O–H groups in total. The highest BCUT2D eigenvalue weighted by Crippen LogP contribution is 2.23. The van der Waals surface area contributed by atoms with E-state index in [2.05, 4.69) is 10.2 Å². The fourth-order valence-electron chi connectivity index (χ4n) is 2.69. The number of benzene rings is 2. The number of hydrogen-bond acceptors (Lipinski definition) is 7. The highest BCUT2D eigenvalue weighted by molar-refractivity contribution is 7.98. The van der Waals surface area contributed by atoms with Crippen LogP contribution in [0.2, 0.25) is 0 Å². The van der Waals surface area contributed by atoms with Gasteiger partial charge in [0, 0.05) is 12.8 Å². The van der Waals surface area contributed by atoms with E-state index in [0.29, 0.717) is 28.9 Å². The van der Waals surface area contributed by atoms with Crippen LogP contribution in [0.1, 0.15) is 34.2 Å². The summed E-state index contributed by atoms with van der Waals surface area (Å²) in [5.41, 5.74) is 2.51. The molecule has 0 fully saturated rings. The predicted molar refractivity (Wildman–Crippen MR) is 115 cm³/mol. The smallest absolute Gasteiger partial charge is 0.338 e. The van der Waals surface area contributed by atoms with E-state index in [4.69, 9.17) is 4.74 Å². The SMILES string of the molecule is CCOC(=O)c1ccc(CSc2nnc(CS(=O)(=O)c3ccc(C)cc3)n2C)cc1. The van der Waals surface area contributed by atoms with Crippen molar-refractivity contribution in [3.8, 4) is 0 Å². The van der Waals surface area contributed by atoms with Crippen LogP contribution in [0.5, 0.6) is 0 Å². The Kier molecular flexibility index (Phi) is 6.94. The summed E-state index contributed by atoms with van der Waals surface area (Å²) in [6, 6.07) is 13.9. The predicted octanol–water partition coefficient (Wildman–Crippen LogP) is 3.57. The van der Waals surface area contributed by atoms with Gasteiger partial charge in [-0.25, -0.2) is 13.2 Å². The molecule has 0 aliphatic rings. The monoisotopic (exact) mass is 445 g/mol. The van der Waals surface area contributed by atoms with Gasteiger partial charge in [0.2, 0.25) is 0 Å². The van der Waals surface area contributed by atoms with Crippen LogP contribution >= 0.6 is 11.8 Å². The number of ether oxygens (including phenoxy) is 1. The van der Waals surface area contributed by atoms with E-state index >= 15 is 0 Å². The number of hydrogen-bond donors (Lipinski definition) is 0. The first-order valence-corrected chi connectivity index (χ1v) is 12.0. The van der Waals surface area contributed by atoms with E-state index in [-0.39, 0.29) is 16.6 Å². The van der Waals surface area contributed by atoms with Crippen LogP contribution in [0.15, 0.2) is 58.6 Å². The molecule has 0 saturated carbocycles. The van der Waals surface area contributed by atoms with Gasteiger partial charge in [-0.15, -0.1) is 10.2 Å². The maximum Gasteiger partial charge on any atom is 0.338 e. The third-order valence-electron chi connectivity index (χ3n) is 4.46. The van der Waals surface area contributed by atoms with Gasteiger partial charge >= 0.3 is 5.97 Å². The topological polar surface area (TPSA) is 91.2 Å².